The molecule has 34 heavy (non-hydrogen) atoms. The smallest absolute Gasteiger partial charge is 0.337 e. The Kier molecular flexibility index (Phi) is 5.33. The van der Waals surface area contributed by atoms with Crippen molar-refractivity contribution in [1.29, 1.82) is 0 Å². The molecule has 0 spiro atoms. The first-order valence-electron chi connectivity index (χ1n) is 10.9. The van der Waals surface area contributed by atoms with E-state index in [1.807, 2.05) is 48.7 Å². The molecule has 0 radical (unpaired) electrons. The molecule has 0 fully saturated rings. The summed E-state index contributed by atoms with van der Waals surface area (Å²) in [7, 11) is 0. The number of ether oxygens (including phenoxy) is 1. The molecule has 10 nitrogen and oxygen atoms in total. The van der Waals surface area contributed by atoms with Crippen LogP contribution < -0.4 is 4.74 Å². The fraction of sp³-hybridized carbons (Fsp3) is 0.208. The van der Waals surface area contributed by atoms with Crippen LogP contribution in [0.1, 0.15) is 34.1 Å². The number of carboxylic acids is 1. The van der Waals surface area contributed by atoms with Crippen LogP contribution in [0, 0.1) is 13.8 Å². The zero-order valence-corrected chi connectivity index (χ0v) is 19.0. The van der Waals surface area contributed by atoms with Gasteiger partial charge in [0.25, 0.3) is 6.01 Å². The van der Waals surface area contributed by atoms with Crippen LogP contribution >= 0.6 is 0 Å². The number of nitrogens with one attached hydrogen (secondary N) is 1. The van der Waals surface area contributed by atoms with Gasteiger partial charge in [-0.05, 0) is 72.7 Å². The van der Waals surface area contributed by atoms with Crippen molar-refractivity contribution in [2.75, 3.05) is 6.61 Å². The van der Waals surface area contributed by atoms with E-state index in [4.69, 9.17) is 4.74 Å². The van der Waals surface area contributed by atoms with Crippen molar-refractivity contribution in [2.45, 2.75) is 27.3 Å². The number of imidazole rings is 1. The number of nitrogens with zero attached hydrogens (tertiary/aromatic N) is 6. The largest absolute Gasteiger partial charge is 0.478 e. The highest BCUT2D eigenvalue weighted by molar-refractivity contribution is 6.01. The van der Waals surface area contributed by atoms with Crippen molar-refractivity contribution in [2.24, 2.45) is 0 Å². The van der Waals surface area contributed by atoms with Gasteiger partial charge >= 0.3 is 5.97 Å². The van der Waals surface area contributed by atoms with E-state index in [1.54, 1.807) is 18.2 Å². The number of carbonyl (C=O) groups is 1. The van der Waals surface area contributed by atoms with Gasteiger partial charge in [0.05, 0.1) is 35.4 Å². The third kappa shape index (κ3) is 3.58. The summed E-state index contributed by atoms with van der Waals surface area (Å²) in [5.41, 5.74) is 6.35. The molecule has 0 bridgehead atoms. The average molecular weight is 457 g/mol. The fourth-order valence-electron chi connectivity index (χ4n) is 4.16. The summed E-state index contributed by atoms with van der Waals surface area (Å²) in [5.74, 6) is -0.411. The number of aryl methyl sites for hydroxylation is 1. The Bertz CT molecular complexity index is 1480. The number of carboxylic acid groups (broad SMARTS) is 1. The van der Waals surface area contributed by atoms with E-state index in [1.165, 1.54) is 0 Å². The van der Waals surface area contributed by atoms with Crippen LogP contribution in [0.3, 0.4) is 0 Å². The minimum atomic E-state index is -1.00. The van der Waals surface area contributed by atoms with Crippen LogP contribution in [0.15, 0.2) is 48.5 Å². The van der Waals surface area contributed by atoms with Crippen molar-refractivity contribution < 1.29 is 14.6 Å². The number of hydrogen-bond donors (Lipinski definition) is 2. The van der Waals surface area contributed by atoms with Crippen molar-refractivity contribution in [3.05, 3.63) is 70.9 Å². The molecule has 0 aliphatic heterocycles. The molecule has 2 N–H and O–H groups in total. The van der Waals surface area contributed by atoms with Crippen LogP contribution in [0.25, 0.3) is 28.2 Å². The van der Waals surface area contributed by atoms with E-state index in [2.05, 4.69) is 37.1 Å². The molecule has 172 valence electrons. The number of tetrazole rings is 1. The third-order valence-corrected chi connectivity index (χ3v) is 5.86. The van der Waals surface area contributed by atoms with E-state index in [0.717, 1.165) is 28.2 Å². The van der Waals surface area contributed by atoms with Crippen LogP contribution in [0.5, 0.6) is 6.01 Å². The normalized spacial score (nSPS) is 11.3. The van der Waals surface area contributed by atoms with Gasteiger partial charge < -0.3 is 14.4 Å². The van der Waals surface area contributed by atoms with Gasteiger partial charge in [0.2, 0.25) is 0 Å². The minimum absolute atomic E-state index is 0.191. The molecular weight excluding hydrogens is 434 g/mol. The lowest BCUT2D eigenvalue weighted by Crippen LogP contribution is -2.08. The summed E-state index contributed by atoms with van der Waals surface area (Å²) in [6.07, 6.45) is 0. The highest BCUT2D eigenvalue weighted by Gasteiger charge is 2.19. The fourth-order valence-corrected chi connectivity index (χ4v) is 4.16. The first-order valence-corrected chi connectivity index (χ1v) is 10.9. The van der Waals surface area contributed by atoms with Crippen LogP contribution in [0.2, 0.25) is 0 Å². The molecule has 0 saturated heterocycles. The van der Waals surface area contributed by atoms with Crippen molar-refractivity contribution in [1.82, 2.24) is 34.7 Å². The summed E-state index contributed by atoms with van der Waals surface area (Å²) in [6, 6.07) is 15.6. The predicted octanol–water partition coefficient (Wildman–Crippen LogP) is 3.77. The van der Waals surface area contributed by atoms with E-state index < -0.39 is 5.97 Å². The summed E-state index contributed by atoms with van der Waals surface area (Å²) >= 11 is 0. The molecule has 3 heterocycles. The van der Waals surface area contributed by atoms with E-state index in [9.17, 15) is 9.90 Å². The lowest BCUT2D eigenvalue weighted by atomic mass is 10.1. The lowest BCUT2D eigenvalue weighted by Gasteiger charge is -2.13. The molecule has 5 aromatic rings. The highest BCUT2D eigenvalue weighted by atomic mass is 16.5. The van der Waals surface area contributed by atoms with Gasteiger partial charge in [-0.3, -0.25) is 4.57 Å². The molecule has 0 aliphatic carbocycles. The number of fused-ring (bicyclic) bond motifs is 1. The molecule has 5 rings (SSSR count). The van der Waals surface area contributed by atoms with Crippen molar-refractivity contribution >= 4 is 17.0 Å². The SMILES string of the molecule is CCOc1nc2cccc(C(=O)O)c2n1Cc1ccc(-n2c(-c3nnn[nH]3)cc(C)c2C)cc1. The van der Waals surface area contributed by atoms with E-state index >= 15 is 0 Å². The van der Waals surface area contributed by atoms with Gasteiger partial charge in [-0.15, -0.1) is 5.10 Å². The molecule has 0 saturated carbocycles. The molecule has 0 atom stereocenters. The second kappa shape index (κ2) is 8.47. The molecule has 10 heteroatoms. The Balaban J connectivity index is 1.55. The van der Waals surface area contributed by atoms with Gasteiger partial charge in [-0.25, -0.2) is 9.89 Å². The Hall–Kier alpha value is -4.47. The number of para-hydroxylation sites is 1. The van der Waals surface area contributed by atoms with Gasteiger partial charge in [-0.2, -0.15) is 4.98 Å². The number of rotatable bonds is 7. The maximum Gasteiger partial charge on any atom is 0.337 e. The first kappa shape index (κ1) is 21.4. The summed E-state index contributed by atoms with van der Waals surface area (Å²) < 4.78 is 9.64. The Morgan fingerprint density at radius 2 is 1.94 bits per heavy atom. The quantitative estimate of drug-likeness (QED) is 0.381. The zero-order chi connectivity index (χ0) is 23.8. The minimum Gasteiger partial charge on any atom is -0.478 e. The Labute approximate surface area is 194 Å². The monoisotopic (exact) mass is 457 g/mol. The van der Waals surface area contributed by atoms with Crippen LogP contribution in [0.4, 0.5) is 0 Å². The van der Waals surface area contributed by atoms with Gasteiger partial charge in [0, 0.05) is 11.4 Å². The number of aromatic amines is 1. The summed E-state index contributed by atoms with van der Waals surface area (Å²) in [6.45, 7) is 6.82. The standard InChI is InChI=1S/C24H23N7O3/c1-4-34-24-25-19-7-5-6-18(23(32)33)21(19)30(24)13-16-8-10-17(11-9-16)31-15(3)14(2)12-20(31)22-26-28-29-27-22/h5-12H,4,13H2,1-3H3,(H,32,33)(H,26,27,28,29). The topological polar surface area (TPSA) is 124 Å². The highest BCUT2D eigenvalue weighted by Crippen LogP contribution is 2.29. The molecule has 0 unspecified atom stereocenters. The number of H-pyrrole nitrogens is 1. The van der Waals surface area contributed by atoms with Gasteiger partial charge in [-0.1, -0.05) is 18.2 Å². The molecular formula is C24H23N7O3. The second-order valence-corrected chi connectivity index (χ2v) is 7.94. The van der Waals surface area contributed by atoms with Crippen molar-refractivity contribution in [3.8, 4) is 23.2 Å². The summed E-state index contributed by atoms with van der Waals surface area (Å²) in [5, 5.41) is 24.0. The number of aromatic carboxylic acids is 1. The molecule has 0 amide bonds. The average Bonchev–Trinajstić information content (AvgIpc) is 3.54. The Morgan fingerprint density at radius 1 is 1.15 bits per heavy atom. The van der Waals surface area contributed by atoms with Crippen LogP contribution in [-0.4, -0.2) is 52.4 Å². The van der Waals surface area contributed by atoms with Crippen molar-refractivity contribution in [3.63, 3.8) is 0 Å². The molecule has 3 aromatic heterocycles. The predicted molar refractivity (Wildman–Crippen MR) is 125 cm³/mol. The second-order valence-electron chi connectivity index (χ2n) is 7.94. The maximum atomic E-state index is 11.9. The lowest BCUT2D eigenvalue weighted by molar-refractivity contribution is 0.0698. The molecule has 2 aromatic carbocycles. The van der Waals surface area contributed by atoms with E-state index in [-0.39, 0.29) is 5.56 Å². The number of aromatic nitrogens is 7. The Morgan fingerprint density at radius 3 is 2.62 bits per heavy atom. The van der Waals surface area contributed by atoms with Gasteiger partial charge in [0.1, 0.15) is 0 Å². The number of hydrogen-bond acceptors (Lipinski definition) is 6. The van der Waals surface area contributed by atoms with Crippen LogP contribution in [-0.2, 0) is 6.54 Å². The molecule has 0 aliphatic rings. The number of benzene rings is 2. The first-order chi connectivity index (χ1) is 16.5. The third-order valence-electron chi connectivity index (χ3n) is 5.86. The summed E-state index contributed by atoms with van der Waals surface area (Å²) in [4.78, 5) is 16.4. The van der Waals surface area contributed by atoms with Gasteiger partial charge in [0.15, 0.2) is 5.82 Å². The maximum absolute atomic E-state index is 11.9. The van der Waals surface area contributed by atoms with E-state index in [0.29, 0.717) is 36.0 Å². The zero-order valence-electron chi connectivity index (χ0n) is 19.0.